The third-order valence-corrected chi connectivity index (χ3v) is 5.64. The van der Waals surface area contributed by atoms with Gasteiger partial charge in [0.1, 0.15) is 4.90 Å². The Bertz CT molecular complexity index is 592. The van der Waals surface area contributed by atoms with E-state index in [2.05, 4.69) is 0 Å². The van der Waals surface area contributed by atoms with Gasteiger partial charge in [-0.2, -0.15) is 0 Å². The maximum atomic E-state index is 11.9. The minimum Gasteiger partial charge on any atom is -0.251 e. The molecule has 0 aliphatic rings. The van der Waals surface area contributed by atoms with Crippen molar-refractivity contribution in [2.24, 2.45) is 0 Å². The number of nitrogens with zero attached hydrogens (tertiary/aromatic N) is 1. The molecule has 0 aliphatic carbocycles. The van der Waals surface area contributed by atoms with Gasteiger partial charge < -0.3 is 0 Å². The van der Waals surface area contributed by atoms with Crippen molar-refractivity contribution in [2.75, 3.05) is 0 Å². The fraction of sp³-hybridized carbons (Fsp3) is 0.500. The van der Waals surface area contributed by atoms with Crippen LogP contribution in [-0.4, -0.2) is 25.6 Å². The first-order valence-corrected chi connectivity index (χ1v) is 8.09. The second-order valence-corrected chi connectivity index (χ2v) is 9.39. The average Bonchev–Trinajstić information content (AvgIpc) is 2.47. The zero-order valence-electron chi connectivity index (χ0n) is 9.01. The summed E-state index contributed by atoms with van der Waals surface area (Å²) in [5, 5.41) is 0. The summed E-state index contributed by atoms with van der Waals surface area (Å²) in [4.78, 5) is -0.234. The van der Waals surface area contributed by atoms with Crippen LogP contribution in [0.3, 0.4) is 0 Å². The molecule has 92 valence electrons. The van der Waals surface area contributed by atoms with Crippen LogP contribution in [0, 0.1) is 0 Å². The summed E-state index contributed by atoms with van der Waals surface area (Å²) >= 11 is 0. The molecular weight excluding hydrogens is 274 g/mol. The van der Waals surface area contributed by atoms with Crippen molar-refractivity contribution in [3.05, 3.63) is 18.5 Å². The topological polar surface area (TPSA) is 73.2 Å². The van der Waals surface area contributed by atoms with E-state index in [0.717, 1.165) is 22.4 Å². The second kappa shape index (κ2) is 3.75. The van der Waals surface area contributed by atoms with Crippen molar-refractivity contribution in [2.45, 2.75) is 30.4 Å². The number of rotatable bonds is 2. The molecule has 0 fully saturated rings. The summed E-state index contributed by atoms with van der Waals surface area (Å²) in [6.07, 6.45) is 2.15. The van der Waals surface area contributed by atoms with Gasteiger partial charge in [0.15, 0.2) is 0 Å². The van der Waals surface area contributed by atoms with E-state index in [-0.39, 0.29) is 4.90 Å². The maximum Gasteiger partial charge on any atom is 0.262 e. The Hall–Kier alpha value is -0.530. The van der Waals surface area contributed by atoms with Crippen molar-refractivity contribution in [1.82, 2.24) is 3.97 Å². The van der Waals surface area contributed by atoms with Gasteiger partial charge in [-0.25, -0.2) is 16.8 Å². The van der Waals surface area contributed by atoms with E-state index < -0.39 is 23.8 Å². The van der Waals surface area contributed by atoms with Gasteiger partial charge in [0, 0.05) is 23.1 Å². The summed E-state index contributed by atoms with van der Waals surface area (Å²) in [6.45, 7) is 4.58. The molecule has 0 aromatic carbocycles. The van der Waals surface area contributed by atoms with E-state index in [1.807, 2.05) is 0 Å². The normalized spacial score (nSPS) is 14.0. The molecule has 1 heterocycles. The van der Waals surface area contributed by atoms with E-state index in [0.29, 0.717) is 0 Å². The van der Waals surface area contributed by atoms with Gasteiger partial charge in [-0.05, 0) is 26.8 Å². The third-order valence-electron chi connectivity index (χ3n) is 1.97. The number of hydrogen-bond donors (Lipinski definition) is 0. The van der Waals surface area contributed by atoms with Crippen LogP contribution in [0.2, 0.25) is 0 Å². The molecule has 0 aliphatic heterocycles. The lowest BCUT2D eigenvalue weighted by Crippen LogP contribution is -2.32. The first-order chi connectivity index (χ1) is 6.96. The molecule has 8 heteroatoms. The summed E-state index contributed by atoms with van der Waals surface area (Å²) in [6, 6.07) is 1.14. The average molecular weight is 286 g/mol. The molecule has 0 saturated carbocycles. The van der Waals surface area contributed by atoms with Crippen molar-refractivity contribution < 1.29 is 16.8 Å². The van der Waals surface area contributed by atoms with E-state index in [1.54, 1.807) is 0 Å². The summed E-state index contributed by atoms with van der Waals surface area (Å²) in [5.74, 6) is 0. The molecule has 0 amide bonds. The van der Waals surface area contributed by atoms with Crippen LogP contribution >= 0.6 is 10.7 Å². The number of hydrogen-bond acceptors (Lipinski definition) is 4. The molecule has 0 saturated heterocycles. The Morgan fingerprint density at radius 2 is 1.69 bits per heavy atom. The summed E-state index contributed by atoms with van der Waals surface area (Å²) < 4.78 is 45.6. The molecular formula is C8H12ClNO4S2. The summed E-state index contributed by atoms with van der Waals surface area (Å²) in [7, 11) is -2.42. The van der Waals surface area contributed by atoms with Crippen LogP contribution in [0.4, 0.5) is 0 Å². The van der Waals surface area contributed by atoms with Crippen LogP contribution in [0.5, 0.6) is 0 Å². The molecule has 0 unspecified atom stereocenters. The quantitative estimate of drug-likeness (QED) is 0.770. The van der Waals surface area contributed by atoms with Gasteiger partial charge in [0.25, 0.3) is 9.05 Å². The van der Waals surface area contributed by atoms with Crippen molar-refractivity contribution >= 4 is 29.8 Å². The highest BCUT2D eigenvalue weighted by Crippen LogP contribution is 2.22. The fourth-order valence-electron chi connectivity index (χ4n) is 0.968. The van der Waals surface area contributed by atoms with E-state index >= 15 is 0 Å². The largest absolute Gasteiger partial charge is 0.262 e. The van der Waals surface area contributed by atoms with Gasteiger partial charge in [-0.15, -0.1) is 0 Å². The maximum absolute atomic E-state index is 11.9. The van der Waals surface area contributed by atoms with Gasteiger partial charge in [-0.3, -0.25) is 3.97 Å². The van der Waals surface area contributed by atoms with Crippen LogP contribution in [0.15, 0.2) is 23.4 Å². The highest BCUT2D eigenvalue weighted by molar-refractivity contribution is 8.13. The Kier molecular flexibility index (Phi) is 3.17. The highest BCUT2D eigenvalue weighted by atomic mass is 35.7. The van der Waals surface area contributed by atoms with Gasteiger partial charge >= 0.3 is 0 Å². The van der Waals surface area contributed by atoms with Crippen molar-refractivity contribution in [3.63, 3.8) is 0 Å². The predicted molar refractivity (Wildman–Crippen MR) is 61.5 cm³/mol. The van der Waals surface area contributed by atoms with Crippen LogP contribution < -0.4 is 0 Å². The van der Waals surface area contributed by atoms with E-state index in [4.69, 9.17) is 10.7 Å². The van der Waals surface area contributed by atoms with Crippen molar-refractivity contribution in [1.29, 1.82) is 0 Å². The smallest absolute Gasteiger partial charge is 0.251 e. The van der Waals surface area contributed by atoms with Gasteiger partial charge in [0.2, 0.25) is 10.0 Å². The predicted octanol–water partition coefficient (Wildman–Crippen LogP) is 1.39. The van der Waals surface area contributed by atoms with E-state index in [1.165, 1.54) is 20.8 Å². The third kappa shape index (κ3) is 2.41. The molecule has 1 aromatic heterocycles. The minimum absolute atomic E-state index is 0.234. The lowest BCUT2D eigenvalue weighted by molar-refractivity contribution is 0.550. The van der Waals surface area contributed by atoms with E-state index in [9.17, 15) is 16.8 Å². The molecule has 0 spiro atoms. The zero-order chi connectivity index (χ0) is 12.8. The molecule has 16 heavy (non-hydrogen) atoms. The van der Waals surface area contributed by atoms with Crippen LogP contribution in [0.25, 0.3) is 0 Å². The number of halogens is 1. The molecule has 5 nitrogen and oxygen atoms in total. The highest BCUT2D eigenvalue weighted by Gasteiger charge is 2.31. The zero-order valence-corrected chi connectivity index (χ0v) is 11.4. The van der Waals surface area contributed by atoms with Gasteiger partial charge in [-0.1, -0.05) is 0 Å². The van der Waals surface area contributed by atoms with Gasteiger partial charge in [0.05, 0.1) is 4.75 Å². The Morgan fingerprint density at radius 3 is 2.00 bits per heavy atom. The molecule has 0 bridgehead atoms. The molecule has 0 radical (unpaired) electrons. The Morgan fingerprint density at radius 1 is 1.19 bits per heavy atom. The molecule has 0 atom stereocenters. The Balaban J connectivity index is 3.35. The van der Waals surface area contributed by atoms with Crippen molar-refractivity contribution in [3.8, 4) is 0 Å². The van der Waals surface area contributed by atoms with Crippen LogP contribution in [0.1, 0.15) is 20.8 Å². The fourth-order valence-corrected chi connectivity index (χ4v) is 2.88. The summed E-state index contributed by atoms with van der Waals surface area (Å²) in [5.41, 5.74) is 0. The first-order valence-electron chi connectivity index (χ1n) is 4.34. The lowest BCUT2D eigenvalue weighted by atomic mass is 10.3. The standard InChI is InChI=1S/C8H12ClNO4S2/c1-8(2,3)16(13,14)10-5-4-7(6-10)15(9,11)12/h4-6H,1-3H3. The van der Waals surface area contributed by atoms with Crippen LogP contribution in [-0.2, 0) is 19.1 Å². The molecule has 0 N–H and O–H groups in total. The second-order valence-electron chi connectivity index (χ2n) is 4.23. The first kappa shape index (κ1) is 13.5. The monoisotopic (exact) mass is 285 g/mol. The molecule has 1 rings (SSSR count). The molecule has 1 aromatic rings. The lowest BCUT2D eigenvalue weighted by Gasteiger charge is -2.19. The minimum atomic E-state index is -3.90. The SMILES string of the molecule is CC(C)(C)S(=O)(=O)n1ccc(S(=O)(=O)Cl)c1. The Labute approximate surface area is 99.5 Å². The number of aromatic nitrogens is 1.